The maximum Gasteiger partial charge on any atom is 0.216 e. The van der Waals surface area contributed by atoms with Crippen LogP contribution in [-0.2, 0) is 32.1 Å². The summed E-state index contributed by atoms with van der Waals surface area (Å²) in [6.45, 7) is 0.918. The van der Waals surface area contributed by atoms with Crippen LogP contribution < -0.4 is 0 Å². The van der Waals surface area contributed by atoms with Gasteiger partial charge in [0.25, 0.3) is 0 Å². The molecule has 2 aliphatic heterocycles. The van der Waals surface area contributed by atoms with Crippen molar-refractivity contribution in [3.05, 3.63) is 18.2 Å². The van der Waals surface area contributed by atoms with Gasteiger partial charge in [-0.05, 0) is 44.9 Å². The third-order valence-electron chi connectivity index (χ3n) is 6.54. The van der Waals surface area contributed by atoms with Crippen LogP contribution in [0.5, 0.6) is 0 Å². The van der Waals surface area contributed by atoms with Crippen molar-refractivity contribution in [1.29, 1.82) is 0 Å². The number of methoxy groups -OCH3 is 1. The minimum atomic E-state index is -3.31. The fraction of sp³-hybridized carbons (Fsp3) is 0.833. The third-order valence-corrected chi connectivity index (χ3v) is 8.49. The van der Waals surface area contributed by atoms with Crippen LogP contribution in [0.3, 0.4) is 0 Å². The molecule has 0 amide bonds. The van der Waals surface area contributed by atoms with E-state index in [9.17, 15) is 8.42 Å². The lowest BCUT2D eigenvalue weighted by atomic mass is 9.78. The predicted molar refractivity (Wildman–Crippen MR) is 97.2 cm³/mol. The molecule has 26 heavy (non-hydrogen) atoms. The van der Waals surface area contributed by atoms with Gasteiger partial charge in [-0.3, -0.25) is 0 Å². The van der Waals surface area contributed by atoms with Crippen LogP contribution in [-0.4, -0.2) is 59.9 Å². The predicted octanol–water partition coefficient (Wildman–Crippen LogP) is 1.79. The second-order valence-electron chi connectivity index (χ2n) is 8.05. The van der Waals surface area contributed by atoms with Gasteiger partial charge in [0.1, 0.15) is 11.4 Å². The molecule has 1 saturated carbocycles. The standard InChI is InChI=1S/C18H29N3O4S/c1-20-13-10-19-16(20)18(24-2)8-11-21(12-9-18)26(22,23)14-15-4-7-17(25-15)5-3-6-17/h10,13,15H,3-9,11-12,14H2,1-2H3. The number of rotatable bonds is 5. The van der Waals surface area contributed by atoms with Crippen molar-refractivity contribution in [3.8, 4) is 0 Å². The van der Waals surface area contributed by atoms with E-state index in [1.807, 2.05) is 17.8 Å². The highest BCUT2D eigenvalue weighted by molar-refractivity contribution is 7.89. The first-order valence-corrected chi connectivity index (χ1v) is 11.2. The number of sulfonamides is 1. The first-order valence-electron chi connectivity index (χ1n) is 9.57. The molecule has 4 rings (SSSR count). The number of aromatic nitrogens is 2. The van der Waals surface area contributed by atoms with E-state index in [-0.39, 0.29) is 17.5 Å². The summed E-state index contributed by atoms with van der Waals surface area (Å²) in [6.07, 6.45) is 10.00. The van der Waals surface area contributed by atoms with Crippen LogP contribution >= 0.6 is 0 Å². The van der Waals surface area contributed by atoms with Crippen LogP contribution in [0.1, 0.15) is 50.8 Å². The van der Waals surface area contributed by atoms with Gasteiger partial charge >= 0.3 is 0 Å². The number of ether oxygens (including phenoxy) is 2. The van der Waals surface area contributed by atoms with Crippen LogP contribution in [0.4, 0.5) is 0 Å². The molecule has 1 aromatic rings. The molecule has 146 valence electrons. The highest BCUT2D eigenvalue weighted by Gasteiger charge is 2.47. The van der Waals surface area contributed by atoms with Crippen molar-refractivity contribution in [2.45, 2.75) is 62.3 Å². The number of hydrogen-bond acceptors (Lipinski definition) is 5. The minimum Gasteiger partial charge on any atom is -0.371 e. The van der Waals surface area contributed by atoms with Gasteiger partial charge in [0, 0.05) is 39.6 Å². The summed E-state index contributed by atoms with van der Waals surface area (Å²) >= 11 is 0. The maximum absolute atomic E-state index is 12.9. The molecule has 8 heteroatoms. The van der Waals surface area contributed by atoms with Gasteiger partial charge in [0.15, 0.2) is 0 Å². The van der Waals surface area contributed by atoms with Crippen molar-refractivity contribution in [1.82, 2.24) is 13.9 Å². The molecule has 1 spiro atoms. The molecule has 1 atom stereocenters. The summed E-state index contributed by atoms with van der Waals surface area (Å²) in [5.74, 6) is 0.972. The second-order valence-corrected chi connectivity index (χ2v) is 10.1. The Balaban J connectivity index is 1.40. The number of piperidine rings is 1. The van der Waals surface area contributed by atoms with E-state index in [1.165, 1.54) is 6.42 Å². The number of hydrogen-bond donors (Lipinski definition) is 0. The van der Waals surface area contributed by atoms with Crippen molar-refractivity contribution < 1.29 is 17.9 Å². The first kappa shape index (κ1) is 18.4. The quantitative estimate of drug-likeness (QED) is 0.775. The van der Waals surface area contributed by atoms with Gasteiger partial charge in [-0.2, -0.15) is 0 Å². The van der Waals surface area contributed by atoms with Crippen LogP contribution in [0.2, 0.25) is 0 Å². The van der Waals surface area contributed by atoms with E-state index in [2.05, 4.69) is 4.98 Å². The third kappa shape index (κ3) is 3.10. The molecular formula is C18H29N3O4S. The van der Waals surface area contributed by atoms with Crippen molar-refractivity contribution in [2.24, 2.45) is 7.05 Å². The molecule has 2 saturated heterocycles. The second kappa shape index (κ2) is 6.58. The highest BCUT2D eigenvalue weighted by Crippen LogP contribution is 2.46. The monoisotopic (exact) mass is 383 g/mol. The van der Waals surface area contributed by atoms with Gasteiger partial charge in [-0.15, -0.1) is 0 Å². The van der Waals surface area contributed by atoms with E-state index in [4.69, 9.17) is 9.47 Å². The molecule has 3 heterocycles. The lowest BCUT2D eigenvalue weighted by Gasteiger charge is -2.40. The van der Waals surface area contributed by atoms with Gasteiger partial charge in [0.2, 0.25) is 10.0 Å². The summed E-state index contributed by atoms with van der Waals surface area (Å²) in [5.41, 5.74) is -0.504. The Morgan fingerprint density at radius 2 is 2.00 bits per heavy atom. The van der Waals surface area contributed by atoms with Crippen LogP contribution in [0, 0.1) is 0 Å². The van der Waals surface area contributed by atoms with Crippen molar-refractivity contribution in [2.75, 3.05) is 26.0 Å². The van der Waals surface area contributed by atoms with E-state index in [0.29, 0.717) is 25.9 Å². The largest absolute Gasteiger partial charge is 0.371 e. The number of aryl methyl sites for hydroxylation is 1. The zero-order valence-corrected chi connectivity index (χ0v) is 16.5. The Morgan fingerprint density at radius 3 is 2.50 bits per heavy atom. The highest BCUT2D eigenvalue weighted by atomic mass is 32.2. The Bertz CT molecular complexity index is 748. The summed E-state index contributed by atoms with van der Waals surface area (Å²) < 4.78 is 41.3. The van der Waals surface area contributed by atoms with Gasteiger partial charge < -0.3 is 14.0 Å². The topological polar surface area (TPSA) is 73.7 Å². The summed E-state index contributed by atoms with van der Waals surface area (Å²) in [5, 5.41) is 0. The molecule has 0 bridgehead atoms. The average molecular weight is 384 g/mol. The Morgan fingerprint density at radius 1 is 1.27 bits per heavy atom. The zero-order chi connectivity index (χ0) is 18.4. The molecule has 1 aliphatic carbocycles. The molecule has 0 N–H and O–H groups in total. The molecule has 1 aromatic heterocycles. The van der Waals surface area contributed by atoms with E-state index >= 15 is 0 Å². The summed E-state index contributed by atoms with van der Waals surface area (Å²) in [7, 11) is 0.315. The molecule has 3 aliphatic rings. The van der Waals surface area contributed by atoms with Crippen LogP contribution in [0.15, 0.2) is 12.4 Å². The van der Waals surface area contributed by atoms with Crippen molar-refractivity contribution >= 4 is 10.0 Å². The molecular weight excluding hydrogens is 354 g/mol. The summed E-state index contributed by atoms with van der Waals surface area (Å²) in [4.78, 5) is 4.43. The average Bonchev–Trinajstić information content (AvgIpc) is 3.21. The zero-order valence-electron chi connectivity index (χ0n) is 15.7. The molecule has 1 unspecified atom stereocenters. The lowest BCUT2D eigenvalue weighted by Crippen LogP contribution is -2.48. The molecule has 3 fully saturated rings. The molecule has 0 aromatic carbocycles. The van der Waals surface area contributed by atoms with E-state index in [0.717, 1.165) is 31.5 Å². The van der Waals surface area contributed by atoms with E-state index in [1.54, 1.807) is 17.6 Å². The van der Waals surface area contributed by atoms with Gasteiger partial charge in [0.05, 0.1) is 17.5 Å². The van der Waals surface area contributed by atoms with E-state index < -0.39 is 15.6 Å². The smallest absolute Gasteiger partial charge is 0.216 e. The molecule has 0 radical (unpaired) electrons. The van der Waals surface area contributed by atoms with Crippen LogP contribution in [0.25, 0.3) is 0 Å². The Labute approximate surface area is 155 Å². The Kier molecular flexibility index (Phi) is 4.66. The normalized spacial score (nSPS) is 28.3. The van der Waals surface area contributed by atoms with Gasteiger partial charge in [-0.25, -0.2) is 17.7 Å². The fourth-order valence-electron chi connectivity index (χ4n) is 4.74. The summed E-state index contributed by atoms with van der Waals surface area (Å²) in [6, 6.07) is 0. The molecule has 7 nitrogen and oxygen atoms in total. The minimum absolute atomic E-state index is 0.00545. The Hall–Kier alpha value is -0.960. The SMILES string of the molecule is COC1(c2nccn2C)CCN(S(=O)(=O)CC2CCC3(CCC3)O2)CC1. The lowest BCUT2D eigenvalue weighted by molar-refractivity contribution is -0.0846. The maximum atomic E-state index is 12.9. The first-order chi connectivity index (χ1) is 12.4. The number of imidazole rings is 1. The number of nitrogens with zero attached hydrogens (tertiary/aromatic N) is 3. The fourth-order valence-corrected chi connectivity index (χ4v) is 6.40. The van der Waals surface area contributed by atoms with Gasteiger partial charge in [-0.1, -0.05) is 0 Å². The van der Waals surface area contributed by atoms with Crippen molar-refractivity contribution in [3.63, 3.8) is 0 Å².